The van der Waals surface area contributed by atoms with Gasteiger partial charge in [0.2, 0.25) is 0 Å². The summed E-state index contributed by atoms with van der Waals surface area (Å²) in [6, 6.07) is 9.91. The van der Waals surface area contributed by atoms with Crippen molar-refractivity contribution in [3.05, 3.63) is 58.9 Å². The van der Waals surface area contributed by atoms with Crippen molar-refractivity contribution in [2.24, 2.45) is 5.16 Å². The van der Waals surface area contributed by atoms with Crippen molar-refractivity contribution in [2.45, 2.75) is 64.9 Å². The second-order valence-corrected chi connectivity index (χ2v) is 9.01. The van der Waals surface area contributed by atoms with E-state index in [0.717, 1.165) is 28.1 Å². The maximum Gasteiger partial charge on any atom is 0.174 e. The number of pyridine rings is 1. The van der Waals surface area contributed by atoms with Crippen molar-refractivity contribution in [3.63, 3.8) is 0 Å². The molecular weight excluding hydrogens is 324 g/mol. The zero-order valence-electron chi connectivity index (χ0n) is 16.5. The van der Waals surface area contributed by atoms with E-state index in [1.54, 1.807) is 6.20 Å². The Balaban J connectivity index is 2.01. The van der Waals surface area contributed by atoms with Crippen molar-refractivity contribution in [2.75, 3.05) is 0 Å². The summed E-state index contributed by atoms with van der Waals surface area (Å²) in [5.41, 5.74) is 4.33. The van der Waals surface area contributed by atoms with Gasteiger partial charge in [0, 0.05) is 29.3 Å². The second kappa shape index (κ2) is 6.42. The van der Waals surface area contributed by atoms with Crippen LogP contribution in [0.15, 0.2) is 41.7 Å². The van der Waals surface area contributed by atoms with Gasteiger partial charge in [-0.15, -0.1) is 0 Å². The van der Waals surface area contributed by atoms with Crippen LogP contribution in [-0.4, -0.2) is 15.8 Å². The Morgan fingerprint density at radius 3 is 2.12 bits per heavy atom. The number of oxime groups is 1. The summed E-state index contributed by atoms with van der Waals surface area (Å²) in [6.07, 6.45) is 2.29. The third-order valence-corrected chi connectivity index (χ3v) is 4.75. The molecule has 1 aromatic heterocycles. The summed E-state index contributed by atoms with van der Waals surface area (Å²) in [5, 5.41) is 15.2. The number of phenols is 1. The van der Waals surface area contributed by atoms with Gasteiger partial charge in [-0.1, -0.05) is 52.8 Å². The Hall–Kier alpha value is -2.36. The average Bonchev–Trinajstić information content (AvgIpc) is 3.03. The van der Waals surface area contributed by atoms with Crippen LogP contribution in [0.25, 0.3) is 0 Å². The summed E-state index contributed by atoms with van der Waals surface area (Å²) in [7, 11) is 0. The van der Waals surface area contributed by atoms with Crippen molar-refractivity contribution in [3.8, 4) is 5.75 Å². The molecule has 1 unspecified atom stereocenters. The van der Waals surface area contributed by atoms with Crippen molar-refractivity contribution >= 4 is 5.71 Å². The van der Waals surface area contributed by atoms with E-state index in [1.807, 2.05) is 30.3 Å². The molecule has 1 aliphatic rings. The third-order valence-electron chi connectivity index (χ3n) is 4.75. The molecule has 4 nitrogen and oxygen atoms in total. The quantitative estimate of drug-likeness (QED) is 0.803. The number of nitrogens with zero attached hydrogens (tertiary/aromatic N) is 2. The highest BCUT2D eigenvalue weighted by Gasteiger charge is 2.30. The molecule has 0 radical (unpaired) electrons. The van der Waals surface area contributed by atoms with Crippen LogP contribution in [0, 0.1) is 0 Å². The highest BCUT2D eigenvalue weighted by atomic mass is 16.6. The van der Waals surface area contributed by atoms with Gasteiger partial charge in [0.1, 0.15) is 5.75 Å². The molecule has 1 aromatic carbocycles. The number of benzene rings is 1. The summed E-state index contributed by atoms with van der Waals surface area (Å²) >= 11 is 0. The van der Waals surface area contributed by atoms with Crippen LogP contribution in [0.3, 0.4) is 0 Å². The van der Waals surface area contributed by atoms with Crippen LogP contribution < -0.4 is 0 Å². The predicted molar refractivity (Wildman–Crippen MR) is 105 cm³/mol. The minimum atomic E-state index is -0.166. The van der Waals surface area contributed by atoms with Crippen molar-refractivity contribution < 1.29 is 9.94 Å². The Morgan fingerprint density at radius 2 is 1.62 bits per heavy atom. The van der Waals surface area contributed by atoms with Crippen LogP contribution in [0.5, 0.6) is 5.75 Å². The number of rotatable bonds is 2. The minimum Gasteiger partial charge on any atom is -0.507 e. The molecular formula is C22H28N2O2. The monoisotopic (exact) mass is 352 g/mol. The molecule has 1 aliphatic heterocycles. The van der Waals surface area contributed by atoms with Gasteiger partial charge in [-0.25, -0.2) is 0 Å². The molecule has 0 spiro atoms. The fraction of sp³-hybridized carbons (Fsp3) is 0.455. The first kappa shape index (κ1) is 18.4. The fourth-order valence-corrected chi connectivity index (χ4v) is 3.22. The standard InChI is InChI=1S/C22H28N2O2/c1-21(2,3)15-11-14(12-16(20(15)25)22(4,5)6)18-13-19(26-24-18)17-9-7-8-10-23-17/h7-12,19,25H,13H2,1-6H3. The van der Waals surface area contributed by atoms with E-state index in [9.17, 15) is 5.11 Å². The van der Waals surface area contributed by atoms with Crippen LogP contribution in [0.2, 0.25) is 0 Å². The van der Waals surface area contributed by atoms with E-state index in [-0.39, 0.29) is 16.9 Å². The molecule has 3 rings (SSSR count). The van der Waals surface area contributed by atoms with E-state index >= 15 is 0 Å². The molecule has 1 atom stereocenters. The highest BCUT2D eigenvalue weighted by Crippen LogP contribution is 2.41. The Morgan fingerprint density at radius 1 is 1.00 bits per heavy atom. The van der Waals surface area contributed by atoms with Crippen LogP contribution in [-0.2, 0) is 15.7 Å². The van der Waals surface area contributed by atoms with E-state index in [4.69, 9.17) is 4.84 Å². The molecule has 0 aliphatic carbocycles. The van der Waals surface area contributed by atoms with Crippen LogP contribution in [0.1, 0.15) is 76.5 Å². The molecule has 2 heterocycles. The first-order chi connectivity index (χ1) is 12.1. The summed E-state index contributed by atoms with van der Waals surface area (Å²) in [5.74, 6) is 0.384. The summed E-state index contributed by atoms with van der Waals surface area (Å²) < 4.78 is 0. The average molecular weight is 352 g/mol. The molecule has 138 valence electrons. The van der Waals surface area contributed by atoms with Gasteiger partial charge < -0.3 is 9.94 Å². The zero-order valence-corrected chi connectivity index (χ0v) is 16.5. The maximum absolute atomic E-state index is 10.9. The number of hydrogen-bond acceptors (Lipinski definition) is 4. The lowest BCUT2D eigenvalue weighted by molar-refractivity contribution is 0.0826. The zero-order chi connectivity index (χ0) is 19.1. The van der Waals surface area contributed by atoms with E-state index in [1.165, 1.54) is 0 Å². The number of hydrogen-bond donors (Lipinski definition) is 1. The van der Waals surface area contributed by atoms with Crippen LogP contribution in [0.4, 0.5) is 0 Å². The Bertz CT molecular complexity index is 792. The lowest BCUT2D eigenvalue weighted by atomic mass is 9.78. The minimum absolute atomic E-state index is 0.156. The van der Waals surface area contributed by atoms with E-state index in [2.05, 4.69) is 51.7 Å². The predicted octanol–water partition coefficient (Wildman–Crippen LogP) is 5.25. The third kappa shape index (κ3) is 3.59. The highest BCUT2D eigenvalue weighted by molar-refractivity contribution is 6.02. The lowest BCUT2D eigenvalue weighted by Crippen LogP contribution is -2.19. The summed E-state index contributed by atoms with van der Waals surface area (Å²) in [6.45, 7) is 12.7. The molecule has 2 aromatic rings. The first-order valence-corrected chi connectivity index (χ1v) is 9.09. The van der Waals surface area contributed by atoms with Gasteiger partial charge in [0.25, 0.3) is 0 Å². The Labute approximate surface area is 155 Å². The first-order valence-electron chi connectivity index (χ1n) is 9.09. The topological polar surface area (TPSA) is 54.7 Å². The molecule has 0 amide bonds. The smallest absolute Gasteiger partial charge is 0.174 e. The Kier molecular flexibility index (Phi) is 4.55. The van der Waals surface area contributed by atoms with E-state index in [0.29, 0.717) is 12.2 Å². The number of phenolic OH excluding ortho intramolecular Hbond substituents is 1. The molecule has 1 N–H and O–H groups in total. The number of aromatic nitrogens is 1. The summed E-state index contributed by atoms with van der Waals surface area (Å²) in [4.78, 5) is 10.0. The molecule has 0 fully saturated rings. The van der Waals surface area contributed by atoms with E-state index < -0.39 is 0 Å². The van der Waals surface area contributed by atoms with Gasteiger partial charge in [-0.3, -0.25) is 4.98 Å². The van der Waals surface area contributed by atoms with Gasteiger partial charge in [0.05, 0.1) is 11.4 Å². The fourth-order valence-electron chi connectivity index (χ4n) is 3.22. The molecule has 0 saturated carbocycles. The second-order valence-electron chi connectivity index (χ2n) is 9.01. The van der Waals surface area contributed by atoms with Crippen molar-refractivity contribution in [1.29, 1.82) is 0 Å². The largest absolute Gasteiger partial charge is 0.507 e. The molecule has 4 heteroatoms. The van der Waals surface area contributed by atoms with Gasteiger partial charge in [-0.05, 0) is 35.1 Å². The number of aromatic hydroxyl groups is 1. The van der Waals surface area contributed by atoms with Crippen molar-refractivity contribution in [1.82, 2.24) is 4.98 Å². The SMILES string of the molecule is CC(C)(C)c1cc(C2=NOC(c3ccccn3)C2)cc(C(C)(C)C)c1O. The lowest BCUT2D eigenvalue weighted by Gasteiger charge is -2.28. The normalized spacial score (nSPS) is 17.8. The van der Waals surface area contributed by atoms with Gasteiger partial charge in [0.15, 0.2) is 6.10 Å². The molecule has 0 bridgehead atoms. The molecule has 26 heavy (non-hydrogen) atoms. The maximum atomic E-state index is 10.9. The molecule has 0 saturated heterocycles. The van der Waals surface area contributed by atoms with Gasteiger partial charge in [-0.2, -0.15) is 0 Å². The van der Waals surface area contributed by atoms with Gasteiger partial charge >= 0.3 is 0 Å². The van der Waals surface area contributed by atoms with Crippen LogP contribution >= 0.6 is 0 Å².